The molecule has 3 rings (SSSR count). The van der Waals surface area contributed by atoms with Gasteiger partial charge in [0.1, 0.15) is 12.4 Å². The van der Waals surface area contributed by atoms with Gasteiger partial charge in [0.05, 0.1) is 12.2 Å². The molecule has 0 radical (unpaired) electrons. The highest BCUT2D eigenvalue weighted by molar-refractivity contribution is 9.10. The minimum absolute atomic E-state index is 0.744. The average molecular weight is 332 g/mol. The molecule has 0 aromatic heterocycles. The van der Waals surface area contributed by atoms with Crippen molar-refractivity contribution in [2.45, 2.75) is 20.4 Å². The predicted molar refractivity (Wildman–Crippen MR) is 86.6 cm³/mol. The summed E-state index contributed by atoms with van der Waals surface area (Å²) in [6.45, 7) is 6.93. The molecule has 0 N–H and O–H groups in total. The van der Waals surface area contributed by atoms with E-state index in [1.807, 2.05) is 6.07 Å². The van der Waals surface area contributed by atoms with Crippen LogP contribution in [0.5, 0.6) is 5.75 Å². The molecule has 0 saturated carbocycles. The number of rotatable bonds is 2. The second kappa shape index (κ2) is 5.49. The molecular weight excluding hydrogens is 314 g/mol. The third-order valence-electron chi connectivity index (χ3n) is 3.74. The molecule has 20 heavy (non-hydrogen) atoms. The van der Waals surface area contributed by atoms with Crippen LogP contribution in [-0.2, 0) is 6.54 Å². The highest BCUT2D eigenvalue weighted by atomic mass is 79.9. The number of ether oxygens (including phenoxy) is 1. The fraction of sp³-hybridized carbons (Fsp3) is 0.294. The van der Waals surface area contributed by atoms with Crippen LogP contribution in [-0.4, -0.2) is 13.2 Å². The maximum absolute atomic E-state index is 5.75. The van der Waals surface area contributed by atoms with Crippen LogP contribution in [0, 0.1) is 13.8 Å². The van der Waals surface area contributed by atoms with E-state index in [2.05, 4.69) is 65.0 Å². The smallest absolute Gasteiger partial charge is 0.143 e. The van der Waals surface area contributed by atoms with Crippen LogP contribution >= 0.6 is 15.9 Å². The largest absolute Gasteiger partial charge is 0.490 e. The Morgan fingerprint density at radius 3 is 2.80 bits per heavy atom. The van der Waals surface area contributed by atoms with Crippen molar-refractivity contribution in [2.24, 2.45) is 0 Å². The molecule has 1 heterocycles. The third-order valence-corrected chi connectivity index (χ3v) is 4.23. The van der Waals surface area contributed by atoms with Crippen LogP contribution < -0.4 is 9.64 Å². The first-order valence-corrected chi connectivity index (χ1v) is 7.66. The summed E-state index contributed by atoms with van der Waals surface area (Å²) in [5.74, 6) is 0.968. The summed E-state index contributed by atoms with van der Waals surface area (Å²) in [5, 5.41) is 0. The Morgan fingerprint density at radius 1 is 1.15 bits per heavy atom. The maximum atomic E-state index is 5.75. The summed E-state index contributed by atoms with van der Waals surface area (Å²) in [7, 11) is 0. The van der Waals surface area contributed by atoms with Crippen molar-refractivity contribution in [3.05, 3.63) is 57.6 Å². The summed E-state index contributed by atoms with van der Waals surface area (Å²) in [5.41, 5.74) is 5.23. The Bertz CT molecular complexity index is 639. The van der Waals surface area contributed by atoms with E-state index in [0.29, 0.717) is 0 Å². The lowest BCUT2D eigenvalue weighted by molar-refractivity contribution is 0.306. The molecule has 1 aliphatic heterocycles. The Hall–Kier alpha value is -1.48. The van der Waals surface area contributed by atoms with Gasteiger partial charge in [0.25, 0.3) is 0 Å². The molecule has 0 fully saturated rings. The first-order chi connectivity index (χ1) is 9.63. The maximum Gasteiger partial charge on any atom is 0.143 e. The van der Waals surface area contributed by atoms with Gasteiger partial charge in [-0.2, -0.15) is 0 Å². The monoisotopic (exact) mass is 331 g/mol. The van der Waals surface area contributed by atoms with E-state index < -0.39 is 0 Å². The van der Waals surface area contributed by atoms with Crippen molar-refractivity contribution in [2.75, 3.05) is 18.1 Å². The molecule has 2 aromatic carbocycles. The van der Waals surface area contributed by atoms with E-state index in [1.165, 1.54) is 22.4 Å². The molecule has 1 aliphatic rings. The number of halogens is 1. The summed E-state index contributed by atoms with van der Waals surface area (Å²) in [6.07, 6.45) is 0. The minimum atomic E-state index is 0.744. The lowest BCUT2D eigenvalue weighted by Crippen LogP contribution is -2.32. The van der Waals surface area contributed by atoms with Gasteiger partial charge in [-0.25, -0.2) is 0 Å². The van der Waals surface area contributed by atoms with Gasteiger partial charge in [0.15, 0.2) is 0 Å². The van der Waals surface area contributed by atoms with Gasteiger partial charge in [0.2, 0.25) is 0 Å². The van der Waals surface area contributed by atoms with E-state index in [4.69, 9.17) is 4.74 Å². The number of hydrogen-bond acceptors (Lipinski definition) is 2. The molecule has 0 bridgehead atoms. The van der Waals surface area contributed by atoms with Gasteiger partial charge in [0, 0.05) is 11.0 Å². The second-order valence-electron chi connectivity index (χ2n) is 5.31. The fourth-order valence-corrected chi connectivity index (χ4v) is 2.98. The van der Waals surface area contributed by atoms with E-state index >= 15 is 0 Å². The van der Waals surface area contributed by atoms with Crippen LogP contribution in [0.4, 0.5) is 5.69 Å². The zero-order valence-electron chi connectivity index (χ0n) is 11.8. The van der Waals surface area contributed by atoms with Gasteiger partial charge in [-0.1, -0.05) is 39.7 Å². The van der Waals surface area contributed by atoms with Crippen molar-refractivity contribution in [3.63, 3.8) is 0 Å². The molecule has 0 spiro atoms. The van der Waals surface area contributed by atoms with Crippen LogP contribution in [0.1, 0.15) is 16.7 Å². The minimum Gasteiger partial charge on any atom is -0.490 e. The van der Waals surface area contributed by atoms with Crippen molar-refractivity contribution in [1.29, 1.82) is 0 Å². The van der Waals surface area contributed by atoms with Gasteiger partial charge in [-0.15, -0.1) is 0 Å². The molecule has 104 valence electrons. The van der Waals surface area contributed by atoms with Gasteiger partial charge in [-0.3, -0.25) is 0 Å². The summed E-state index contributed by atoms with van der Waals surface area (Å²) >= 11 is 3.50. The van der Waals surface area contributed by atoms with Gasteiger partial charge < -0.3 is 9.64 Å². The lowest BCUT2D eigenvalue weighted by Gasteiger charge is -2.32. The summed E-state index contributed by atoms with van der Waals surface area (Å²) < 4.78 is 6.81. The van der Waals surface area contributed by atoms with Crippen LogP contribution in [0.25, 0.3) is 0 Å². The van der Waals surface area contributed by atoms with Gasteiger partial charge in [-0.05, 0) is 43.2 Å². The zero-order valence-corrected chi connectivity index (χ0v) is 13.4. The molecule has 2 aromatic rings. The molecule has 0 atom stereocenters. The van der Waals surface area contributed by atoms with Crippen LogP contribution in [0.3, 0.4) is 0 Å². The van der Waals surface area contributed by atoms with Crippen molar-refractivity contribution in [1.82, 2.24) is 0 Å². The Labute approximate surface area is 128 Å². The summed E-state index contributed by atoms with van der Waals surface area (Å²) in [6, 6.07) is 12.9. The topological polar surface area (TPSA) is 12.5 Å². The highest BCUT2D eigenvalue weighted by Gasteiger charge is 2.18. The quantitative estimate of drug-likeness (QED) is 0.805. The Balaban J connectivity index is 1.89. The first-order valence-electron chi connectivity index (χ1n) is 6.87. The molecule has 0 saturated heterocycles. The lowest BCUT2D eigenvalue weighted by atomic mass is 10.0. The number of aryl methyl sites for hydroxylation is 2. The molecular formula is C17H18BrNO. The molecule has 0 aliphatic carbocycles. The Morgan fingerprint density at radius 2 is 2.00 bits per heavy atom. The van der Waals surface area contributed by atoms with Crippen LogP contribution in [0.2, 0.25) is 0 Å². The molecule has 3 heteroatoms. The number of nitrogens with zero attached hydrogens (tertiary/aromatic N) is 1. The standard InChI is InChI=1S/C17H18BrNO/c1-12-3-4-14(13(2)9-12)11-19-7-8-20-17-10-15(18)5-6-16(17)19/h3-6,9-10H,7-8,11H2,1-2H3. The van der Waals surface area contributed by atoms with Crippen LogP contribution in [0.15, 0.2) is 40.9 Å². The van der Waals surface area contributed by atoms with Crippen molar-refractivity contribution >= 4 is 21.6 Å². The third kappa shape index (κ3) is 2.68. The molecule has 0 unspecified atom stereocenters. The average Bonchev–Trinajstić information content (AvgIpc) is 2.41. The second-order valence-corrected chi connectivity index (χ2v) is 6.23. The normalized spacial score (nSPS) is 13.8. The number of benzene rings is 2. The van der Waals surface area contributed by atoms with Crippen molar-refractivity contribution < 1.29 is 4.74 Å². The first kappa shape index (κ1) is 13.5. The number of fused-ring (bicyclic) bond motifs is 1. The Kier molecular flexibility index (Phi) is 3.70. The number of anilines is 1. The fourth-order valence-electron chi connectivity index (χ4n) is 2.64. The summed E-state index contributed by atoms with van der Waals surface area (Å²) in [4.78, 5) is 2.39. The van der Waals surface area contributed by atoms with E-state index in [0.717, 1.165) is 29.9 Å². The molecule has 2 nitrogen and oxygen atoms in total. The van der Waals surface area contributed by atoms with E-state index in [-0.39, 0.29) is 0 Å². The van der Waals surface area contributed by atoms with Crippen molar-refractivity contribution in [3.8, 4) is 5.75 Å². The van der Waals surface area contributed by atoms with E-state index in [9.17, 15) is 0 Å². The highest BCUT2D eigenvalue weighted by Crippen LogP contribution is 2.35. The number of hydrogen-bond donors (Lipinski definition) is 0. The zero-order chi connectivity index (χ0) is 14.1. The predicted octanol–water partition coefficient (Wildman–Crippen LogP) is 4.46. The van der Waals surface area contributed by atoms with Gasteiger partial charge >= 0.3 is 0 Å². The SMILES string of the molecule is Cc1ccc(CN2CCOc3cc(Br)ccc32)c(C)c1. The molecule has 0 amide bonds. The van der Waals surface area contributed by atoms with E-state index in [1.54, 1.807) is 0 Å².